The molecule has 12 heavy (non-hydrogen) atoms. The molecule has 0 amide bonds. The van der Waals surface area contributed by atoms with Gasteiger partial charge in [0.15, 0.2) is 0 Å². The fraction of sp³-hybridized carbons (Fsp3) is 0.125. The van der Waals surface area contributed by atoms with Crippen molar-refractivity contribution in [2.75, 3.05) is 0 Å². The summed E-state index contributed by atoms with van der Waals surface area (Å²) < 4.78 is 0. The van der Waals surface area contributed by atoms with Gasteiger partial charge in [-0.25, -0.2) is 0 Å². The first-order valence-corrected chi connectivity index (χ1v) is 4.05. The maximum Gasteiger partial charge on any atom is 0.0852 e. The first-order valence-electron chi connectivity index (χ1n) is 3.29. The fourth-order valence-electron chi connectivity index (χ4n) is 0.829. The number of rotatable bonds is 1. The van der Waals surface area contributed by atoms with Crippen LogP contribution >= 0.6 is 23.2 Å². The number of hydrogen-bond donors (Lipinski definition) is 1. The molecular formula is C8H7Cl2NO. The van der Waals surface area contributed by atoms with Gasteiger partial charge in [0.25, 0.3) is 0 Å². The number of halogens is 2. The van der Waals surface area contributed by atoms with E-state index in [2.05, 4.69) is 5.16 Å². The Kier molecular flexibility index (Phi) is 2.95. The molecule has 0 fully saturated rings. The Morgan fingerprint density at radius 2 is 2.08 bits per heavy atom. The van der Waals surface area contributed by atoms with Gasteiger partial charge < -0.3 is 5.21 Å². The molecule has 64 valence electrons. The minimum Gasteiger partial charge on any atom is -0.411 e. The molecule has 0 radical (unpaired) electrons. The van der Waals surface area contributed by atoms with Gasteiger partial charge in [0.05, 0.1) is 5.71 Å². The van der Waals surface area contributed by atoms with Crippen LogP contribution in [0.4, 0.5) is 0 Å². The molecular weight excluding hydrogens is 197 g/mol. The molecule has 0 unspecified atom stereocenters. The molecule has 2 nitrogen and oxygen atoms in total. The van der Waals surface area contributed by atoms with E-state index in [4.69, 9.17) is 28.4 Å². The molecule has 1 aromatic carbocycles. The average Bonchev–Trinajstić information content (AvgIpc) is 2.08. The van der Waals surface area contributed by atoms with E-state index < -0.39 is 0 Å². The van der Waals surface area contributed by atoms with Crippen LogP contribution < -0.4 is 0 Å². The van der Waals surface area contributed by atoms with Gasteiger partial charge in [0.2, 0.25) is 0 Å². The van der Waals surface area contributed by atoms with Crippen molar-refractivity contribution in [3.63, 3.8) is 0 Å². The summed E-state index contributed by atoms with van der Waals surface area (Å²) in [7, 11) is 0. The molecule has 0 aliphatic rings. The highest BCUT2D eigenvalue weighted by Crippen LogP contribution is 2.20. The predicted octanol–water partition coefficient (Wildman–Crippen LogP) is 3.19. The predicted molar refractivity (Wildman–Crippen MR) is 50.5 cm³/mol. The Morgan fingerprint density at radius 3 is 2.67 bits per heavy atom. The second kappa shape index (κ2) is 3.78. The standard InChI is InChI=1S/C8H7Cl2NO/c1-5(11-12)7-4-6(9)2-3-8(7)10/h2-4,12H,1H3/b11-5+. The topological polar surface area (TPSA) is 32.6 Å². The van der Waals surface area contributed by atoms with Gasteiger partial charge in [-0.3, -0.25) is 0 Å². The third-order valence-corrected chi connectivity index (χ3v) is 2.03. The van der Waals surface area contributed by atoms with Crippen LogP contribution in [-0.2, 0) is 0 Å². The molecule has 0 aromatic heterocycles. The first-order chi connectivity index (χ1) is 5.65. The van der Waals surface area contributed by atoms with Crippen molar-refractivity contribution in [2.24, 2.45) is 5.16 Å². The molecule has 0 saturated heterocycles. The minimum atomic E-state index is 0.447. The quantitative estimate of drug-likeness (QED) is 0.425. The van der Waals surface area contributed by atoms with Gasteiger partial charge >= 0.3 is 0 Å². The lowest BCUT2D eigenvalue weighted by Crippen LogP contribution is -1.95. The van der Waals surface area contributed by atoms with Crippen LogP contribution in [0.2, 0.25) is 10.0 Å². The van der Waals surface area contributed by atoms with Gasteiger partial charge in [-0.2, -0.15) is 0 Å². The van der Waals surface area contributed by atoms with Crippen LogP contribution in [-0.4, -0.2) is 10.9 Å². The van der Waals surface area contributed by atoms with E-state index in [1.807, 2.05) is 0 Å². The summed E-state index contributed by atoms with van der Waals surface area (Å²) in [5.41, 5.74) is 1.09. The van der Waals surface area contributed by atoms with Crippen molar-refractivity contribution in [1.29, 1.82) is 0 Å². The van der Waals surface area contributed by atoms with Gasteiger partial charge in [-0.1, -0.05) is 28.4 Å². The van der Waals surface area contributed by atoms with Crippen molar-refractivity contribution in [3.8, 4) is 0 Å². The summed E-state index contributed by atoms with van der Waals surface area (Å²) in [5.74, 6) is 0. The van der Waals surface area contributed by atoms with Crippen LogP contribution in [0.15, 0.2) is 23.4 Å². The summed E-state index contributed by atoms with van der Waals surface area (Å²) in [5, 5.41) is 12.6. The van der Waals surface area contributed by atoms with E-state index in [-0.39, 0.29) is 0 Å². The third-order valence-electron chi connectivity index (χ3n) is 1.47. The Bertz CT molecular complexity index is 323. The monoisotopic (exact) mass is 203 g/mol. The van der Waals surface area contributed by atoms with Crippen LogP contribution in [0, 0.1) is 0 Å². The Labute approximate surface area is 80.4 Å². The van der Waals surface area contributed by atoms with Crippen LogP contribution in [0.25, 0.3) is 0 Å². The second-order valence-electron chi connectivity index (χ2n) is 2.31. The Morgan fingerprint density at radius 1 is 1.42 bits per heavy atom. The van der Waals surface area contributed by atoms with Gasteiger partial charge in [0.1, 0.15) is 0 Å². The van der Waals surface area contributed by atoms with E-state index in [1.54, 1.807) is 25.1 Å². The number of benzene rings is 1. The van der Waals surface area contributed by atoms with Crippen molar-refractivity contribution < 1.29 is 5.21 Å². The highest BCUT2D eigenvalue weighted by molar-refractivity contribution is 6.36. The van der Waals surface area contributed by atoms with Crippen LogP contribution in [0.5, 0.6) is 0 Å². The van der Waals surface area contributed by atoms with Crippen molar-refractivity contribution in [3.05, 3.63) is 33.8 Å². The SMILES string of the molecule is C/C(=N\O)c1cc(Cl)ccc1Cl. The lowest BCUT2D eigenvalue weighted by molar-refractivity contribution is 0.319. The normalized spacial score (nSPS) is 11.8. The molecule has 1 aromatic rings. The summed E-state index contributed by atoms with van der Waals surface area (Å²) in [6.07, 6.45) is 0. The smallest absolute Gasteiger partial charge is 0.0852 e. The lowest BCUT2D eigenvalue weighted by Gasteiger charge is -2.01. The molecule has 4 heteroatoms. The minimum absolute atomic E-state index is 0.447. The summed E-state index contributed by atoms with van der Waals surface area (Å²) >= 11 is 11.5. The third kappa shape index (κ3) is 1.90. The molecule has 0 aliphatic heterocycles. The highest BCUT2D eigenvalue weighted by atomic mass is 35.5. The maximum absolute atomic E-state index is 8.49. The molecule has 0 aliphatic carbocycles. The first kappa shape index (κ1) is 9.36. The van der Waals surface area contributed by atoms with Crippen molar-refractivity contribution >= 4 is 28.9 Å². The zero-order chi connectivity index (χ0) is 9.14. The van der Waals surface area contributed by atoms with Gasteiger partial charge in [-0.05, 0) is 25.1 Å². The van der Waals surface area contributed by atoms with Gasteiger partial charge in [-0.15, -0.1) is 0 Å². The largest absolute Gasteiger partial charge is 0.411 e. The van der Waals surface area contributed by atoms with Crippen molar-refractivity contribution in [1.82, 2.24) is 0 Å². The number of hydrogen-bond acceptors (Lipinski definition) is 2. The van der Waals surface area contributed by atoms with E-state index in [0.29, 0.717) is 21.3 Å². The maximum atomic E-state index is 8.49. The molecule has 0 atom stereocenters. The lowest BCUT2D eigenvalue weighted by atomic mass is 10.1. The fourth-order valence-corrected chi connectivity index (χ4v) is 1.26. The Hall–Kier alpha value is -0.730. The second-order valence-corrected chi connectivity index (χ2v) is 3.15. The Balaban J connectivity index is 3.23. The van der Waals surface area contributed by atoms with Crippen LogP contribution in [0.3, 0.4) is 0 Å². The molecule has 0 saturated carbocycles. The van der Waals surface area contributed by atoms with E-state index >= 15 is 0 Å². The van der Waals surface area contributed by atoms with Gasteiger partial charge in [0, 0.05) is 15.6 Å². The zero-order valence-electron chi connectivity index (χ0n) is 6.38. The molecule has 1 N–H and O–H groups in total. The highest BCUT2D eigenvalue weighted by Gasteiger charge is 2.04. The van der Waals surface area contributed by atoms with E-state index in [9.17, 15) is 0 Å². The molecule has 0 heterocycles. The number of nitrogens with zero attached hydrogens (tertiary/aromatic N) is 1. The molecule has 1 rings (SSSR count). The summed E-state index contributed by atoms with van der Waals surface area (Å²) in [6.45, 7) is 1.65. The average molecular weight is 204 g/mol. The molecule has 0 spiro atoms. The van der Waals surface area contributed by atoms with Crippen LogP contribution in [0.1, 0.15) is 12.5 Å². The summed E-state index contributed by atoms with van der Waals surface area (Å²) in [4.78, 5) is 0. The van der Waals surface area contributed by atoms with E-state index in [1.165, 1.54) is 0 Å². The zero-order valence-corrected chi connectivity index (χ0v) is 7.89. The number of oxime groups is 1. The van der Waals surface area contributed by atoms with E-state index in [0.717, 1.165) is 0 Å². The van der Waals surface area contributed by atoms with Crippen molar-refractivity contribution in [2.45, 2.75) is 6.92 Å². The summed E-state index contributed by atoms with van der Waals surface area (Å²) in [6, 6.07) is 4.99. The molecule has 0 bridgehead atoms.